The summed E-state index contributed by atoms with van der Waals surface area (Å²) in [5.41, 5.74) is 2.35. The summed E-state index contributed by atoms with van der Waals surface area (Å²) in [5.74, 6) is -0.140. The van der Waals surface area contributed by atoms with Gasteiger partial charge in [0, 0.05) is 16.6 Å². The number of nitrogens with zero attached hydrogens (tertiary/aromatic N) is 1. The second kappa shape index (κ2) is 7.75. The zero-order valence-corrected chi connectivity index (χ0v) is 15.8. The summed E-state index contributed by atoms with van der Waals surface area (Å²) in [4.78, 5) is 30.1. The third-order valence-electron chi connectivity index (χ3n) is 4.74. The van der Waals surface area contributed by atoms with Crippen LogP contribution in [0.4, 0.5) is 4.39 Å². The van der Waals surface area contributed by atoms with Crippen LogP contribution in [-0.4, -0.2) is 15.8 Å². The largest absolute Gasteiger partial charge is 0.467 e. The number of halogens is 1. The predicted molar refractivity (Wildman–Crippen MR) is 108 cm³/mol. The maximum absolute atomic E-state index is 13.2. The zero-order chi connectivity index (χ0) is 20.4. The number of hydrogen-bond donors (Lipinski definition) is 1. The smallest absolute Gasteiger partial charge is 0.254 e. The Hall–Kier alpha value is -3.67. The van der Waals surface area contributed by atoms with E-state index in [2.05, 4.69) is 4.98 Å². The lowest BCUT2D eigenvalue weighted by Gasteiger charge is -2.22. The maximum Gasteiger partial charge on any atom is 0.254 e. The lowest BCUT2D eigenvalue weighted by atomic mass is 10.1. The minimum atomic E-state index is -0.416. The Bertz CT molecular complexity index is 1210. The molecule has 4 rings (SSSR count). The third kappa shape index (κ3) is 4.11. The van der Waals surface area contributed by atoms with Crippen LogP contribution >= 0.6 is 0 Å². The minimum absolute atomic E-state index is 0.0933. The second-order valence-corrected chi connectivity index (χ2v) is 6.96. The summed E-state index contributed by atoms with van der Waals surface area (Å²) in [6, 6.07) is 16.4. The molecule has 0 saturated carbocycles. The maximum atomic E-state index is 13.2. The van der Waals surface area contributed by atoms with Crippen molar-refractivity contribution in [1.82, 2.24) is 9.88 Å². The van der Waals surface area contributed by atoms with Crippen molar-refractivity contribution in [1.29, 1.82) is 0 Å². The number of carbonyl (C=O) groups excluding carboxylic acids is 1. The Morgan fingerprint density at radius 3 is 2.59 bits per heavy atom. The fourth-order valence-electron chi connectivity index (χ4n) is 3.25. The van der Waals surface area contributed by atoms with E-state index in [0.717, 1.165) is 16.5 Å². The highest BCUT2D eigenvalue weighted by Crippen LogP contribution is 2.17. The van der Waals surface area contributed by atoms with Crippen molar-refractivity contribution in [2.45, 2.75) is 20.0 Å². The lowest BCUT2D eigenvalue weighted by Crippen LogP contribution is -2.32. The SMILES string of the molecule is Cc1ccc2cc(CN(Cc3ccco3)C(=O)c3ccc(F)cc3)c(=O)[nH]c2c1. The molecule has 2 heterocycles. The van der Waals surface area contributed by atoms with Crippen molar-refractivity contribution >= 4 is 16.8 Å². The van der Waals surface area contributed by atoms with Gasteiger partial charge in [-0.25, -0.2) is 4.39 Å². The number of rotatable bonds is 5. The van der Waals surface area contributed by atoms with Crippen LogP contribution in [0.25, 0.3) is 10.9 Å². The van der Waals surface area contributed by atoms with E-state index in [9.17, 15) is 14.0 Å². The number of pyridine rings is 1. The van der Waals surface area contributed by atoms with Gasteiger partial charge in [-0.3, -0.25) is 9.59 Å². The molecule has 0 radical (unpaired) electrons. The first-order valence-electron chi connectivity index (χ1n) is 9.19. The van der Waals surface area contributed by atoms with Gasteiger partial charge in [0.15, 0.2) is 0 Å². The molecular weight excluding hydrogens is 371 g/mol. The quantitative estimate of drug-likeness (QED) is 0.549. The number of benzene rings is 2. The molecule has 0 bridgehead atoms. The fourth-order valence-corrected chi connectivity index (χ4v) is 3.25. The van der Waals surface area contributed by atoms with Crippen LogP contribution in [0, 0.1) is 12.7 Å². The number of aromatic amines is 1. The first-order valence-corrected chi connectivity index (χ1v) is 9.19. The Labute approximate surface area is 166 Å². The first kappa shape index (κ1) is 18.7. The van der Waals surface area contributed by atoms with E-state index in [4.69, 9.17) is 4.42 Å². The summed E-state index contributed by atoms with van der Waals surface area (Å²) >= 11 is 0. The zero-order valence-electron chi connectivity index (χ0n) is 15.8. The van der Waals surface area contributed by atoms with Gasteiger partial charge in [0.2, 0.25) is 0 Å². The Morgan fingerprint density at radius 1 is 1.07 bits per heavy atom. The van der Waals surface area contributed by atoms with Crippen LogP contribution in [-0.2, 0) is 13.1 Å². The minimum Gasteiger partial charge on any atom is -0.467 e. The van der Waals surface area contributed by atoms with Gasteiger partial charge in [-0.15, -0.1) is 0 Å². The van der Waals surface area contributed by atoms with E-state index in [-0.39, 0.29) is 24.6 Å². The molecule has 0 aliphatic heterocycles. The lowest BCUT2D eigenvalue weighted by molar-refractivity contribution is 0.0717. The van der Waals surface area contributed by atoms with Gasteiger partial charge in [-0.2, -0.15) is 0 Å². The normalized spacial score (nSPS) is 11.0. The molecule has 29 heavy (non-hydrogen) atoms. The highest BCUT2D eigenvalue weighted by molar-refractivity contribution is 5.94. The molecule has 1 amide bonds. The second-order valence-electron chi connectivity index (χ2n) is 6.96. The molecule has 2 aromatic heterocycles. The number of hydrogen-bond acceptors (Lipinski definition) is 3. The number of H-pyrrole nitrogens is 1. The Balaban J connectivity index is 1.69. The van der Waals surface area contributed by atoms with Crippen molar-refractivity contribution in [3.8, 4) is 0 Å². The third-order valence-corrected chi connectivity index (χ3v) is 4.74. The highest BCUT2D eigenvalue weighted by atomic mass is 19.1. The van der Waals surface area contributed by atoms with Crippen molar-refractivity contribution in [3.05, 3.63) is 106 Å². The molecule has 0 fully saturated rings. The van der Waals surface area contributed by atoms with Crippen molar-refractivity contribution in [3.63, 3.8) is 0 Å². The predicted octanol–water partition coefficient (Wildman–Crippen LogP) is 4.41. The number of amides is 1. The molecule has 0 aliphatic rings. The molecular formula is C23H19FN2O3. The number of carbonyl (C=O) groups is 1. The van der Waals surface area contributed by atoms with E-state index in [1.165, 1.54) is 35.4 Å². The molecule has 0 atom stereocenters. The molecule has 0 aliphatic carbocycles. The van der Waals surface area contributed by atoms with Gasteiger partial charge in [0.25, 0.3) is 11.5 Å². The van der Waals surface area contributed by atoms with E-state index in [1.807, 2.05) is 25.1 Å². The molecule has 0 spiro atoms. The van der Waals surface area contributed by atoms with Crippen LogP contribution in [0.3, 0.4) is 0 Å². The van der Waals surface area contributed by atoms with Crippen molar-refractivity contribution in [2.75, 3.05) is 0 Å². The number of nitrogens with one attached hydrogen (secondary N) is 1. The summed E-state index contributed by atoms with van der Waals surface area (Å²) < 4.78 is 18.6. The van der Waals surface area contributed by atoms with Crippen molar-refractivity contribution in [2.24, 2.45) is 0 Å². The number of furan rings is 1. The number of aromatic nitrogens is 1. The van der Waals surface area contributed by atoms with Gasteiger partial charge < -0.3 is 14.3 Å². The molecule has 1 N–H and O–H groups in total. The van der Waals surface area contributed by atoms with Gasteiger partial charge in [0.1, 0.15) is 11.6 Å². The van der Waals surface area contributed by atoms with Gasteiger partial charge in [0.05, 0.1) is 19.4 Å². The summed E-state index contributed by atoms with van der Waals surface area (Å²) in [5, 5.41) is 0.886. The standard InChI is InChI=1S/C23H19FN2O3/c1-15-4-5-17-12-18(22(27)25-21(17)11-15)13-26(14-20-3-2-10-29-20)23(28)16-6-8-19(24)9-7-16/h2-12H,13-14H2,1H3,(H,25,27). The topological polar surface area (TPSA) is 66.3 Å². The molecule has 5 nitrogen and oxygen atoms in total. The first-order chi connectivity index (χ1) is 14.0. The summed E-state index contributed by atoms with van der Waals surface area (Å²) in [6.45, 7) is 2.24. The Kier molecular flexibility index (Phi) is 4.99. The van der Waals surface area contributed by atoms with E-state index in [0.29, 0.717) is 16.9 Å². The van der Waals surface area contributed by atoms with Crippen LogP contribution in [0.5, 0.6) is 0 Å². The molecule has 6 heteroatoms. The Morgan fingerprint density at radius 2 is 1.86 bits per heavy atom. The van der Waals surface area contributed by atoms with Gasteiger partial charge in [-0.1, -0.05) is 12.1 Å². The summed E-state index contributed by atoms with van der Waals surface area (Å²) in [7, 11) is 0. The van der Waals surface area contributed by atoms with Gasteiger partial charge in [-0.05, 0) is 66.4 Å². The number of aryl methyl sites for hydroxylation is 1. The average molecular weight is 390 g/mol. The van der Waals surface area contributed by atoms with Crippen molar-refractivity contribution < 1.29 is 13.6 Å². The molecule has 146 valence electrons. The van der Waals surface area contributed by atoms with Gasteiger partial charge >= 0.3 is 0 Å². The van der Waals surface area contributed by atoms with Crippen LogP contribution in [0.2, 0.25) is 0 Å². The molecule has 2 aromatic carbocycles. The van der Waals surface area contributed by atoms with E-state index >= 15 is 0 Å². The van der Waals surface area contributed by atoms with E-state index in [1.54, 1.807) is 18.2 Å². The highest BCUT2D eigenvalue weighted by Gasteiger charge is 2.19. The molecule has 0 saturated heterocycles. The average Bonchev–Trinajstić information content (AvgIpc) is 3.21. The monoisotopic (exact) mass is 390 g/mol. The molecule has 0 unspecified atom stereocenters. The fraction of sp³-hybridized carbons (Fsp3) is 0.130. The summed E-state index contributed by atoms with van der Waals surface area (Å²) in [6.07, 6.45) is 1.53. The van der Waals surface area contributed by atoms with Crippen LogP contribution in [0.1, 0.15) is 27.2 Å². The van der Waals surface area contributed by atoms with E-state index < -0.39 is 5.82 Å². The van der Waals surface area contributed by atoms with Crippen LogP contribution < -0.4 is 5.56 Å². The van der Waals surface area contributed by atoms with Crippen LogP contribution in [0.15, 0.2) is 76.1 Å². The molecule has 4 aromatic rings. The number of fused-ring (bicyclic) bond motifs is 1.